The molecular formula is C19H18ClN3O2S. The number of thiophene rings is 1. The number of amides is 1. The normalized spacial score (nSPS) is 15.3. The molecule has 26 heavy (non-hydrogen) atoms. The minimum atomic E-state index is 0.129. The van der Waals surface area contributed by atoms with E-state index in [1.54, 1.807) is 0 Å². The summed E-state index contributed by atoms with van der Waals surface area (Å²) >= 11 is 7.42. The summed E-state index contributed by atoms with van der Waals surface area (Å²) in [6, 6.07) is 13.3. The molecule has 0 aliphatic carbocycles. The molecule has 0 saturated carbocycles. The van der Waals surface area contributed by atoms with Gasteiger partial charge in [0.25, 0.3) is 5.91 Å². The number of carbonyl (C=O) groups excluding carboxylic acids is 1. The van der Waals surface area contributed by atoms with Crippen LogP contribution in [0.1, 0.15) is 15.4 Å². The van der Waals surface area contributed by atoms with E-state index >= 15 is 0 Å². The Balaban J connectivity index is 1.33. The van der Waals surface area contributed by atoms with Crippen LogP contribution in [-0.4, -0.2) is 47.0 Å². The minimum Gasteiger partial charge on any atom is -0.359 e. The maximum absolute atomic E-state index is 12.4. The molecule has 0 atom stereocenters. The van der Waals surface area contributed by atoms with E-state index in [0.717, 1.165) is 48.1 Å². The molecule has 1 aliphatic heterocycles. The second-order valence-corrected chi connectivity index (χ2v) is 7.62. The number of piperazine rings is 1. The van der Waals surface area contributed by atoms with Crippen molar-refractivity contribution in [2.24, 2.45) is 0 Å². The van der Waals surface area contributed by atoms with Crippen LogP contribution >= 0.6 is 22.9 Å². The summed E-state index contributed by atoms with van der Waals surface area (Å²) in [6.07, 6.45) is 0. The monoisotopic (exact) mass is 387 g/mol. The zero-order valence-electron chi connectivity index (χ0n) is 14.1. The number of nitrogens with zero attached hydrogens (tertiary/aromatic N) is 3. The second-order valence-electron chi connectivity index (χ2n) is 6.23. The van der Waals surface area contributed by atoms with Crippen molar-refractivity contribution in [3.63, 3.8) is 0 Å². The highest BCUT2D eigenvalue weighted by Gasteiger charge is 2.23. The van der Waals surface area contributed by atoms with Gasteiger partial charge in [0, 0.05) is 42.8 Å². The Hall–Kier alpha value is -2.15. The first-order chi connectivity index (χ1) is 12.7. The smallest absolute Gasteiger partial charge is 0.264 e. The lowest BCUT2D eigenvalue weighted by Crippen LogP contribution is -2.48. The van der Waals surface area contributed by atoms with Crippen LogP contribution < -0.4 is 0 Å². The van der Waals surface area contributed by atoms with E-state index < -0.39 is 0 Å². The maximum atomic E-state index is 12.4. The van der Waals surface area contributed by atoms with Gasteiger partial charge in [-0.25, -0.2) is 0 Å². The molecule has 1 aliphatic rings. The summed E-state index contributed by atoms with van der Waals surface area (Å²) in [5.41, 5.74) is 1.79. The van der Waals surface area contributed by atoms with Crippen molar-refractivity contribution in [2.75, 3.05) is 26.2 Å². The Morgan fingerprint density at radius 2 is 1.92 bits per heavy atom. The average molecular weight is 388 g/mol. The van der Waals surface area contributed by atoms with Gasteiger partial charge in [0.2, 0.25) is 0 Å². The van der Waals surface area contributed by atoms with E-state index in [9.17, 15) is 4.79 Å². The third-order valence-electron chi connectivity index (χ3n) is 4.47. The molecule has 0 unspecified atom stereocenters. The topological polar surface area (TPSA) is 49.6 Å². The maximum Gasteiger partial charge on any atom is 0.264 e. The summed E-state index contributed by atoms with van der Waals surface area (Å²) < 4.78 is 5.48. The van der Waals surface area contributed by atoms with Crippen molar-refractivity contribution >= 4 is 28.8 Å². The van der Waals surface area contributed by atoms with Gasteiger partial charge in [0.1, 0.15) is 5.69 Å². The molecule has 0 N–H and O–H groups in total. The Labute approximate surface area is 160 Å². The third kappa shape index (κ3) is 3.82. The van der Waals surface area contributed by atoms with Gasteiger partial charge in [-0.05, 0) is 23.6 Å². The van der Waals surface area contributed by atoms with Gasteiger partial charge >= 0.3 is 0 Å². The average Bonchev–Trinajstić information content (AvgIpc) is 3.35. The number of benzene rings is 1. The minimum absolute atomic E-state index is 0.129. The second kappa shape index (κ2) is 7.61. The van der Waals surface area contributed by atoms with Gasteiger partial charge in [-0.2, -0.15) is 0 Å². The first-order valence-corrected chi connectivity index (χ1v) is 9.71. The van der Waals surface area contributed by atoms with Crippen molar-refractivity contribution in [3.8, 4) is 11.3 Å². The van der Waals surface area contributed by atoms with Crippen molar-refractivity contribution in [3.05, 3.63) is 63.5 Å². The van der Waals surface area contributed by atoms with Crippen LogP contribution in [0.4, 0.5) is 0 Å². The fourth-order valence-electron chi connectivity index (χ4n) is 3.03. The van der Waals surface area contributed by atoms with Crippen LogP contribution in [0, 0.1) is 0 Å². The van der Waals surface area contributed by atoms with E-state index in [-0.39, 0.29) is 5.91 Å². The molecule has 0 radical (unpaired) electrons. The molecule has 3 aromatic rings. The van der Waals surface area contributed by atoms with Crippen molar-refractivity contribution in [2.45, 2.75) is 6.54 Å². The Morgan fingerprint density at radius 3 is 2.62 bits per heavy atom. The highest BCUT2D eigenvalue weighted by Crippen LogP contribution is 2.22. The molecule has 4 rings (SSSR count). The van der Waals surface area contributed by atoms with E-state index in [2.05, 4.69) is 10.1 Å². The highest BCUT2D eigenvalue weighted by molar-refractivity contribution is 7.12. The number of halogens is 1. The molecule has 1 fully saturated rings. The Bertz CT molecular complexity index is 869. The lowest BCUT2D eigenvalue weighted by atomic mass is 10.1. The molecule has 2 aromatic heterocycles. The fraction of sp³-hybridized carbons (Fsp3) is 0.263. The summed E-state index contributed by atoms with van der Waals surface area (Å²) in [4.78, 5) is 17.4. The lowest BCUT2D eigenvalue weighted by molar-refractivity contribution is 0.0622. The Morgan fingerprint density at radius 1 is 1.15 bits per heavy atom. The zero-order chi connectivity index (χ0) is 17.9. The molecule has 0 spiro atoms. The molecule has 7 heteroatoms. The van der Waals surface area contributed by atoms with Crippen molar-refractivity contribution in [1.82, 2.24) is 15.0 Å². The summed E-state index contributed by atoms with van der Waals surface area (Å²) in [5, 5.41) is 6.79. The van der Waals surface area contributed by atoms with E-state index in [0.29, 0.717) is 11.6 Å². The molecule has 1 amide bonds. The first-order valence-electron chi connectivity index (χ1n) is 8.46. The number of carbonyl (C=O) groups is 1. The summed E-state index contributed by atoms with van der Waals surface area (Å²) in [6.45, 7) is 3.81. The van der Waals surface area contributed by atoms with Crippen molar-refractivity contribution < 1.29 is 9.32 Å². The molecular weight excluding hydrogens is 370 g/mol. The molecule has 5 nitrogen and oxygen atoms in total. The van der Waals surface area contributed by atoms with E-state index in [1.807, 2.05) is 52.7 Å². The van der Waals surface area contributed by atoms with Gasteiger partial charge in [-0.15, -0.1) is 11.3 Å². The molecule has 0 bridgehead atoms. The van der Waals surface area contributed by atoms with Crippen LogP contribution in [0.5, 0.6) is 0 Å². The van der Waals surface area contributed by atoms with Crippen molar-refractivity contribution in [1.29, 1.82) is 0 Å². The van der Waals surface area contributed by atoms with Crippen LogP contribution in [-0.2, 0) is 6.54 Å². The summed E-state index contributed by atoms with van der Waals surface area (Å²) in [5.74, 6) is 0.956. The number of hydrogen-bond donors (Lipinski definition) is 0. The quantitative estimate of drug-likeness (QED) is 0.678. The van der Waals surface area contributed by atoms with Crippen LogP contribution in [0.15, 0.2) is 52.4 Å². The van der Waals surface area contributed by atoms with Gasteiger partial charge < -0.3 is 9.42 Å². The largest absolute Gasteiger partial charge is 0.359 e. The molecule has 1 aromatic carbocycles. The standard InChI is InChI=1S/C19H18ClN3O2S/c20-15-5-3-14(4-6-15)17-12-16(25-21-17)13-22-7-9-23(10-8-22)19(24)18-2-1-11-26-18/h1-6,11-12H,7-10,13H2. The molecule has 1 saturated heterocycles. The summed E-state index contributed by atoms with van der Waals surface area (Å²) in [7, 11) is 0. The van der Waals surface area contributed by atoms with Crippen LogP contribution in [0.3, 0.4) is 0 Å². The predicted molar refractivity (Wildman–Crippen MR) is 102 cm³/mol. The van der Waals surface area contributed by atoms with Gasteiger partial charge in [-0.3, -0.25) is 9.69 Å². The molecule has 3 heterocycles. The van der Waals surface area contributed by atoms with Gasteiger partial charge in [0.05, 0.1) is 11.4 Å². The number of hydrogen-bond acceptors (Lipinski definition) is 5. The SMILES string of the molecule is O=C(c1cccs1)N1CCN(Cc2cc(-c3ccc(Cl)cc3)no2)CC1. The van der Waals surface area contributed by atoms with E-state index in [1.165, 1.54) is 11.3 Å². The lowest BCUT2D eigenvalue weighted by Gasteiger charge is -2.33. The van der Waals surface area contributed by atoms with E-state index in [4.69, 9.17) is 16.1 Å². The highest BCUT2D eigenvalue weighted by atomic mass is 35.5. The van der Waals surface area contributed by atoms with Gasteiger partial charge in [0.15, 0.2) is 5.76 Å². The molecule has 134 valence electrons. The Kier molecular flexibility index (Phi) is 5.06. The van der Waals surface area contributed by atoms with Crippen LogP contribution in [0.25, 0.3) is 11.3 Å². The number of aromatic nitrogens is 1. The van der Waals surface area contributed by atoms with Gasteiger partial charge in [-0.1, -0.05) is 35.0 Å². The number of rotatable bonds is 4. The van der Waals surface area contributed by atoms with Crippen LogP contribution in [0.2, 0.25) is 5.02 Å². The zero-order valence-corrected chi connectivity index (χ0v) is 15.7. The predicted octanol–water partition coefficient (Wildman–Crippen LogP) is 4.01. The first kappa shape index (κ1) is 17.3. The fourth-order valence-corrected chi connectivity index (χ4v) is 3.85. The third-order valence-corrected chi connectivity index (χ3v) is 5.58.